The van der Waals surface area contributed by atoms with Gasteiger partial charge in [0.2, 0.25) is 0 Å². The van der Waals surface area contributed by atoms with E-state index in [-0.39, 0.29) is 23.8 Å². The van der Waals surface area contributed by atoms with Crippen molar-refractivity contribution in [3.05, 3.63) is 71.7 Å². The Kier molecular flexibility index (Phi) is 5.74. The summed E-state index contributed by atoms with van der Waals surface area (Å²) in [5.74, 6) is -0.0420. The first-order valence-electron chi connectivity index (χ1n) is 10.3. The summed E-state index contributed by atoms with van der Waals surface area (Å²) >= 11 is 0. The van der Waals surface area contributed by atoms with Crippen LogP contribution in [0.1, 0.15) is 37.5 Å². The first-order valence-corrected chi connectivity index (χ1v) is 10.3. The largest absolute Gasteiger partial charge is 0.507 e. The molecule has 1 fully saturated rings. The third-order valence-corrected chi connectivity index (χ3v) is 5.69. The minimum absolute atomic E-state index is 0.0558. The van der Waals surface area contributed by atoms with E-state index in [0.29, 0.717) is 23.7 Å². The highest BCUT2D eigenvalue weighted by atomic mass is 16.5. The number of allylic oxidation sites excluding steroid dienone is 2. The summed E-state index contributed by atoms with van der Waals surface area (Å²) in [6, 6.07) is 9.95. The molecular weight excluding hydrogens is 382 g/mol. The number of likely N-dealkylation sites (tertiary alicyclic amines) is 1. The quantitative estimate of drug-likeness (QED) is 0.335. The molecule has 2 aliphatic rings. The smallest absolute Gasteiger partial charge is 0.295 e. The molecule has 0 radical (unpaired) electrons. The highest BCUT2D eigenvalue weighted by molar-refractivity contribution is 6.46. The fourth-order valence-corrected chi connectivity index (χ4v) is 4.28. The molecule has 1 saturated heterocycles. The van der Waals surface area contributed by atoms with Gasteiger partial charge in [-0.15, -0.1) is 0 Å². The van der Waals surface area contributed by atoms with Crippen LogP contribution < -0.4 is 4.74 Å². The van der Waals surface area contributed by atoms with Crippen LogP contribution in [0.5, 0.6) is 5.75 Å². The van der Waals surface area contributed by atoms with Gasteiger partial charge in [-0.05, 0) is 68.5 Å². The summed E-state index contributed by atoms with van der Waals surface area (Å²) in [7, 11) is 0. The van der Waals surface area contributed by atoms with E-state index in [0.717, 1.165) is 19.3 Å². The van der Waals surface area contributed by atoms with Gasteiger partial charge in [-0.1, -0.05) is 12.2 Å². The number of aliphatic hydroxyl groups excluding tert-OH is 1. The Balaban J connectivity index is 1.74. The molecule has 1 amide bonds. The van der Waals surface area contributed by atoms with Crippen LogP contribution >= 0.6 is 0 Å². The predicted octanol–water partition coefficient (Wildman–Crippen LogP) is 4.28. The predicted molar refractivity (Wildman–Crippen MR) is 112 cm³/mol. The molecule has 1 aromatic heterocycles. The van der Waals surface area contributed by atoms with Gasteiger partial charge in [0.25, 0.3) is 11.7 Å². The average molecular weight is 407 g/mol. The lowest BCUT2D eigenvalue weighted by molar-refractivity contribution is -0.140. The lowest BCUT2D eigenvalue weighted by atomic mass is 9.83. The standard InChI is InChI=1S/C24H25NO5/c1-2-29-18-12-10-17(11-13-18)22(26)20-21(16-7-4-3-5-8-16)25(24(28)23(20)27)15-19-9-6-14-30-19/h3-4,6,9-14,16,21,26H,2,5,7-8,15H2,1H3/b22-20+. The Morgan fingerprint density at radius 3 is 2.63 bits per heavy atom. The van der Waals surface area contributed by atoms with Crippen molar-refractivity contribution in [2.45, 2.75) is 38.8 Å². The van der Waals surface area contributed by atoms with Crippen molar-refractivity contribution in [3.63, 3.8) is 0 Å². The number of carbonyl (C=O) groups excluding carboxylic acids is 2. The Bertz CT molecular complexity index is 972. The molecule has 4 rings (SSSR count). The molecule has 0 saturated carbocycles. The van der Waals surface area contributed by atoms with Crippen molar-refractivity contribution in [3.8, 4) is 5.75 Å². The number of ether oxygens (including phenoxy) is 1. The second kappa shape index (κ2) is 8.61. The van der Waals surface area contributed by atoms with E-state index in [1.54, 1.807) is 47.6 Å². The van der Waals surface area contributed by atoms with E-state index in [2.05, 4.69) is 12.2 Å². The fourth-order valence-electron chi connectivity index (χ4n) is 4.28. The van der Waals surface area contributed by atoms with E-state index in [4.69, 9.17) is 9.15 Å². The Hall–Kier alpha value is -3.28. The third kappa shape index (κ3) is 3.77. The number of furan rings is 1. The summed E-state index contributed by atoms with van der Waals surface area (Å²) in [4.78, 5) is 27.5. The molecule has 0 bridgehead atoms. The van der Waals surface area contributed by atoms with E-state index < -0.39 is 17.7 Å². The number of ketones is 1. The highest BCUT2D eigenvalue weighted by Gasteiger charge is 2.48. The van der Waals surface area contributed by atoms with Crippen LogP contribution in [0.25, 0.3) is 5.76 Å². The molecule has 156 valence electrons. The Morgan fingerprint density at radius 1 is 1.20 bits per heavy atom. The van der Waals surface area contributed by atoms with Crippen LogP contribution in [-0.2, 0) is 16.1 Å². The maximum Gasteiger partial charge on any atom is 0.295 e. The van der Waals surface area contributed by atoms with Crippen LogP contribution in [0.3, 0.4) is 0 Å². The van der Waals surface area contributed by atoms with Crippen LogP contribution in [0, 0.1) is 5.92 Å². The molecule has 2 aromatic rings. The zero-order chi connectivity index (χ0) is 21.1. The molecule has 1 aliphatic carbocycles. The van der Waals surface area contributed by atoms with Gasteiger partial charge in [-0.3, -0.25) is 9.59 Å². The van der Waals surface area contributed by atoms with Crippen molar-refractivity contribution in [2.24, 2.45) is 5.92 Å². The molecule has 2 heterocycles. The van der Waals surface area contributed by atoms with Gasteiger partial charge in [0, 0.05) is 5.56 Å². The summed E-state index contributed by atoms with van der Waals surface area (Å²) in [6.07, 6.45) is 8.22. The third-order valence-electron chi connectivity index (χ3n) is 5.69. The first-order chi connectivity index (χ1) is 14.6. The summed E-state index contributed by atoms with van der Waals surface area (Å²) in [6.45, 7) is 2.63. The normalized spacial score (nSPS) is 23.2. The van der Waals surface area contributed by atoms with Gasteiger partial charge in [0.15, 0.2) is 0 Å². The second-order valence-electron chi connectivity index (χ2n) is 7.55. The van der Waals surface area contributed by atoms with Crippen LogP contribution in [0.4, 0.5) is 0 Å². The first kappa shape index (κ1) is 20.0. The molecule has 2 atom stereocenters. The summed E-state index contributed by atoms with van der Waals surface area (Å²) in [5, 5.41) is 11.1. The zero-order valence-corrected chi connectivity index (χ0v) is 16.9. The van der Waals surface area contributed by atoms with Gasteiger partial charge >= 0.3 is 0 Å². The number of hydrogen-bond donors (Lipinski definition) is 1. The number of hydrogen-bond acceptors (Lipinski definition) is 5. The minimum atomic E-state index is -0.646. The molecule has 1 aromatic carbocycles. The van der Waals surface area contributed by atoms with Crippen LogP contribution in [-0.4, -0.2) is 34.3 Å². The summed E-state index contributed by atoms with van der Waals surface area (Å²) < 4.78 is 10.9. The molecule has 0 spiro atoms. The molecule has 6 heteroatoms. The number of amides is 1. The van der Waals surface area contributed by atoms with Crippen molar-refractivity contribution in [1.82, 2.24) is 4.90 Å². The average Bonchev–Trinajstić information content (AvgIpc) is 3.37. The van der Waals surface area contributed by atoms with Gasteiger partial charge in [-0.2, -0.15) is 0 Å². The SMILES string of the molecule is CCOc1ccc(/C(O)=C2\C(=O)C(=O)N(Cc3ccco3)C2C2CC=CCC2)cc1. The van der Waals surface area contributed by atoms with Crippen molar-refractivity contribution < 1.29 is 23.8 Å². The molecular formula is C24H25NO5. The maximum absolute atomic E-state index is 13.0. The Labute approximate surface area is 175 Å². The van der Waals surface area contributed by atoms with Crippen LogP contribution in [0.15, 0.2) is 64.8 Å². The Morgan fingerprint density at radius 2 is 2.00 bits per heavy atom. The molecule has 6 nitrogen and oxygen atoms in total. The number of nitrogens with zero attached hydrogens (tertiary/aromatic N) is 1. The number of carbonyl (C=O) groups is 2. The number of rotatable bonds is 6. The van der Waals surface area contributed by atoms with E-state index >= 15 is 0 Å². The van der Waals surface area contributed by atoms with Gasteiger partial charge < -0.3 is 19.2 Å². The number of benzene rings is 1. The van der Waals surface area contributed by atoms with Crippen molar-refractivity contribution in [1.29, 1.82) is 0 Å². The lowest BCUT2D eigenvalue weighted by Crippen LogP contribution is -2.39. The van der Waals surface area contributed by atoms with E-state index in [1.807, 2.05) is 6.92 Å². The number of aliphatic hydroxyl groups is 1. The topological polar surface area (TPSA) is 80.0 Å². The van der Waals surface area contributed by atoms with Crippen molar-refractivity contribution >= 4 is 17.4 Å². The fraction of sp³-hybridized carbons (Fsp3) is 0.333. The van der Waals surface area contributed by atoms with Gasteiger partial charge in [0.05, 0.1) is 31.0 Å². The zero-order valence-electron chi connectivity index (χ0n) is 16.9. The van der Waals surface area contributed by atoms with Crippen LogP contribution in [0.2, 0.25) is 0 Å². The molecule has 1 N–H and O–H groups in total. The van der Waals surface area contributed by atoms with E-state index in [1.165, 1.54) is 0 Å². The summed E-state index contributed by atoms with van der Waals surface area (Å²) in [5.41, 5.74) is 0.668. The van der Waals surface area contributed by atoms with Crippen molar-refractivity contribution in [2.75, 3.05) is 6.61 Å². The van der Waals surface area contributed by atoms with Gasteiger partial charge in [-0.25, -0.2) is 0 Å². The highest BCUT2D eigenvalue weighted by Crippen LogP contribution is 2.38. The lowest BCUT2D eigenvalue weighted by Gasteiger charge is -2.32. The molecule has 1 aliphatic heterocycles. The minimum Gasteiger partial charge on any atom is -0.507 e. The molecule has 30 heavy (non-hydrogen) atoms. The molecule has 2 unspecified atom stereocenters. The van der Waals surface area contributed by atoms with Gasteiger partial charge in [0.1, 0.15) is 17.3 Å². The number of Topliss-reactive ketones (excluding diaryl/α,β-unsaturated/α-hetero) is 1. The van der Waals surface area contributed by atoms with E-state index in [9.17, 15) is 14.7 Å². The second-order valence-corrected chi connectivity index (χ2v) is 7.55. The monoisotopic (exact) mass is 407 g/mol. The maximum atomic E-state index is 13.0.